The van der Waals surface area contributed by atoms with E-state index in [2.05, 4.69) is 29.8 Å². The van der Waals surface area contributed by atoms with E-state index in [1.54, 1.807) is 11.3 Å². The van der Waals surface area contributed by atoms with Crippen LogP contribution in [0, 0.1) is 13.8 Å². The lowest BCUT2D eigenvalue weighted by Crippen LogP contribution is -2.37. The molecule has 1 amide bonds. The second-order valence-corrected chi connectivity index (χ2v) is 6.85. The third kappa shape index (κ3) is 4.18. The van der Waals surface area contributed by atoms with E-state index < -0.39 is 0 Å². The normalized spacial score (nSPS) is 12.4. The predicted octanol–water partition coefficient (Wildman–Crippen LogP) is 3.33. The molecule has 0 unspecified atom stereocenters. The second-order valence-electron chi connectivity index (χ2n) is 5.85. The molecule has 118 valence electrons. The Bertz CT molecular complexity index is 634. The first kappa shape index (κ1) is 16.7. The van der Waals surface area contributed by atoms with Crippen LogP contribution in [-0.2, 0) is 11.2 Å². The zero-order chi connectivity index (χ0) is 16.1. The SMILES string of the molecule is Cc1cccc([C@@H](C(=O)NCCc2sccc2C)N(C)C)c1. The van der Waals surface area contributed by atoms with E-state index in [4.69, 9.17) is 0 Å². The summed E-state index contributed by atoms with van der Waals surface area (Å²) in [5.41, 5.74) is 3.52. The van der Waals surface area contributed by atoms with Crippen molar-refractivity contribution < 1.29 is 4.79 Å². The molecule has 1 aromatic heterocycles. The summed E-state index contributed by atoms with van der Waals surface area (Å²) in [5, 5.41) is 5.17. The molecule has 0 radical (unpaired) electrons. The van der Waals surface area contributed by atoms with E-state index in [0.717, 1.165) is 12.0 Å². The maximum absolute atomic E-state index is 12.6. The van der Waals surface area contributed by atoms with Crippen LogP contribution >= 0.6 is 11.3 Å². The van der Waals surface area contributed by atoms with Crippen molar-refractivity contribution in [1.82, 2.24) is 10.2 Å². The van der Waals surface area contributed by atoms with E-state index in [1.165, 1.54) is 16.0 Å². The van der Waals surface area contributed by atoms with Crippen LogP contribution in [0.4, 0.5) is 0 Å². The highest BCUT2D eigenvalue weighted by Gasteiger charge is 2.22. The van der Waals surface area contributed by atoms with Crippen molar-refractivity contribution in [3.8, 4) is 0 Å². The first-order valence-electron chi connectivity index (χ1n) is 7.52. The number of amides is 1. The molecule has 2 aromatic rings. The highest BCUT2D eigenvalue weighted by atomic mass is 32.1. The Kier molecular flexibility index (Phi) is 5.75. The fourth-order valence-corrected chi connectivity index (χ4v) is 3.49. The molecule has 0 bridgehead atoms. The monoisotopic (exact) mass is 316 g/mol. The lowest BCUT2D eigenvalue weighted by molar-refractivity contribution is -0.125. The molecule has 22 heavy (non-hydrogen) atoms. The Labute approximate surface area is 137 Å². The zero-order valence-corrected chi connectivity index (χ0v) is 14.5. The summed E-state index contributed by atoms with van der Waals surface area (Å²) in [5.74, 6) is 0.0600. The van der Waals surface area contributed by atoms with Gasteiger partial charge < -0.3 is 5.32 Å². The lowest BCUT2D eigenvalue weighted by Gasteiger charge is -2.24. The summed E-state index contributed by atoms with van der Waals surface area (Å²) in [6.07, 6.45) is 0.892. The minimum atomic E-state index is -0.246. The molecule has 4 heteroatoms. The number of hydrogen-bond acceptors (Lipinski definition) is 3. The van der Waals surface area contributed by atoms with Crippen molar-refractivity contribution in [2.24, 2.45) is 0 Å². The first-order valence-corrected chi connectivity index (χ1v) is 8.40. The van der Waals surface area contributed by atoms with Crippen LogP contribution in [0.5, 0.6) is 0 Å². The van der Waals surface area contributed by atoms with Gasteiger partial charge in [0.05, 0.1) is 0 Å². The maximum atomic E-state index is 12.6. The molecule has 1 heterocycles. The number of likely N-dealkylation sites (N-methyl/N-ethyl adjacent to an activating group) is 1. The van der Waals surface area contributed by atoms with E-state index in [-0.39, 0.29) is 11.9 Å². The number of nitrogens with one attached hydrogen (secondary N) is 1. The van der Waals surface area contributed by atoms with E-state index in [9.17, 15) is 4.79 Å². The molecular formula is C18H24N2OS. The van der Waals surface area contributed by atoms with Crippen LogP contribution in [0.25, 0.3) is 0 Å². The predicted molar refractivity (Wildman–Crippen MR) is 93.4 cm³/mol. The second kappa shape index (κ2) is 7.56. The first-order chi connectivity index (χ1) is 10.5. The highest BCUT2D eigenvalue weighted by molar-refractivity contribution is 7.10. The molecule has 0 aliphatic heterocycles. The molecule has 3 nitrogen and oxygen atoms in total. The van der Waals surface area contributed by atoms with Gasteiger partial charge in [-0.3, -0.25) is 9.69 Å². The van der Waals surface area contributed by atoms with Gasteiger partial charge in [-0.1, -0.05) is 29.8 Å². The van der Waals surface area contributed by atoms with Crippen LogP contribution in [0.3, 0.4) is 0 Å². The molecule has 0 saturated heterocycles. The molecule has 0 saturated carbocycles. The Morgan fingerprint density at radius 2 is 2.05 bits per heavy atom. The van der Waals surface area contributed by atoms with Gasteiger partial charge in [0.1, 0.15) is 6.04 Å². The fourth-order valence-electron chi connectivity index (χ4n) is 2.58. The summed E-state index contributed by atoms with van der Waals surface area (Å²) in [4.78, 5) is 15.9. The van der Waals surface area contributed by atoms with Crippen LogP contribution in [0.15, 0.2) is 35.7 Å². The average Bonchev–Trinajstić information content (AvgIpc) is 2.84. The van der Waals surface area contributed by atoms with Gasteiger partial charge in [0.25, 0.3) is 0 Å². The largest absolute Gasteiger partial charge is 0.354 e. The smallest absolute Gasteiger partial charge is 0.241 e. The number of hydrogen-bond donors (Lipinski definition) is 1. The van der Waals surface area contributed by atoms with Crippen LogP contribution in [0.2, 0.25) is 0 Å². The summed E-state index contributed by atoms with van der Waals surface area (Å²) in [6, 6.07) is 10.0. The quantitative estimate of drug-likeness (QED) is 0.886. The summed E-state index contributed by atoms with van der Waals surface area (Å²) < 4.78 is 0. The fraction of sp³-hybridized carbons (Fsp3) is 0.389. The van der Waals surface area contributed by atoms with Crippen molar-refractivity contribution in [2.45, 2.75) is 26.3 Å². The third-order valence-corrected chi connectivity index (χ3v) is 4.82. The van der Waals surface area contributed by atoms with Crippen molar-refractivity contribution in [1.29, 1.82) is 0 Å². The van der Waals surface area contributed by atoms with Crippen molar-refractivity contribution in [3.05, 3.63) is 57.3 Å². The molecule has 2 rings (SSSR count). The third-order valence-electron chi connectivity index (χ3n) is 3.74. The van der Waals surface area contributed by atoms with Gasteiger partial charge in [0.15, 0.2) is 0 Å². The number of rotatable bonds is 6. The average molecular weight is 316 g/mol. The van der Waals surface area contributed by atoms with E-state index in [1.807, 2.05) is 44.1 Å². The Balaban J connectivity index is 2.00. The molecule has 1 aromatic carbocycles. The van der Waals surface area contributed by atoms with E-state index >= 15 is 0 Å². The van der Waals surface area contributed by atoms with Gasteiger partial charge in [-0.2, -0.15) is 0 Å². The molecule has 0 aliphatic carbocycles. The maximum Gasteiger partial charge on any atom is 0.241 e. The summed E-state index contributed by atoms with van der Waals surface area (Å²) in [6.45, 7) is 4.84. The van der Waals surface area contributed by atoms with Gasteiger partial charge >= 0.3 is 0 Å². The van der Waals surface area contributed by atoms with Crippen molar-refractivity contribution in [2.75, 3.05) is 20.6 Å². The topological polar surface area (TPSA) is 32.3 Å². The number of nitrogens with zero attached hydrogens (tertiary/aromatic N) is 1. The number of aryl methyl sites for hydroxylation is 2. The number of carbonyl (C=O) groups is 1. The Hall–Kier alpha value is -1.65. The van der Waals surface area contributed by atoms with Crippen LogP contribution < -0.4 is 5.32 Å². The molecule has 1 atom stereocenters. The molecule has 0 spiro atoms. The van der Waals surface area contributed by atoms with Crippen molar-refractivity contribution >= 4 is 17.2 Å². The molecule has 0 aliphatic rings. The lowest BCUT2D eigenvalue weighted by atomic mass is 10.0. The molecule has 1 N–H and O–H groups in total. The number of benzene rings is 1. The van der Waals surface area contributed by atoms with E-state index in [0.29, 0.717) is 6.54 Å². The van der Waals surface area contributed by atoms with Gasteiger partial charge in [-0.05, 0) is 56.9 Å². The van der Waals surface area contributed by atoms with Gasteiger partial charge in [0.2, 0.25) is 5.91 Å². The van der Waals surface area contributed by atoms with Gasteiger partial charge in [-0.15, -0.1) is 11.3 Å². The standard InChI is InChI=1S/C18H24N2OS/c1-13-6-5-7-15(12-13)17(20(3)4)18(21)19-10-8-16-14(2)9-11-22-16/h5-7,9,11-12,17H,8,10H2,1-4H3,(H,19,21)/t17-/m0/s1. The summed E-state index contributed by atoms with van der Waals surface area (Å²) in [7, 11) is 3.88. The minimum Gasteiger partial charge on any atom is -0.354 e. The summed E-state index contributed by atoms with van der Waals surface area (Å²) >= 11 is 1.75. The Morgan fingerprint density at radius 3 is 2.64 bits per heavy atom. The van der Waals surface area contributed by atoms with Crippen LogP contribution in [-0.4, -0.2) is 31.4 Å². The highest BCUT2D eigenvalue weighted by Crippen LogP contribution is 2.20. The number of carbonyl (C=O) groups excluding carboxylic acids is 1. The molecule has 0 fully saturated rings. The number of thiophene rings is 1. The van der Waals surface area contributed by atoms with Crippen molar-refractivity contribution in [3.63, 3.8) is 0 Å². The Morgan fingerprint density at radius 1 is 1.27 bits per heavy atom. The van der Waals surface area contributed by atoms with Gasteiger partial charge in [-0.25, -0.2) is 0 Å². The minimum absolute atomic E-state index is 0.0600. The zero-order valence-electron chi connectivity index (χ0n) is 13.7. The van der Waals surface area contributed by atoms with Crippen LogP contribution in [0.1, 0.15) is 27.6 Å². The van der Waals surface area contributed by atoms with Gasteiger partial charge in [0, 0.05) is 11.4 Å². The molecular weight excluding hydrogens is 292 g/mol.